The van der Waals surface area contributed by atoms with E-state index in [0.29, 0.717) is 6.20 Å². The highest BCUT2D eigenvalue weighted by molar-refractivity contribution is 5.47. The summed E-state index contributed by atoms with van der Waals surface area (Å²) in [5, 5.41) is 17.6. The SMILES string of the molecule is N#CCc1c(CF)ncc(O)c1OC(F)(F)F. The van der Waals surface area contributed by atoms with Gasteiger partial charge in [0.15, 0.2) is 11.5 Å². The zero-order valence-corrected chi connectivity index (χ0v) is 8.25. The van der Waals surface area contributed by atoms with E-state index in [1.807, 2.05) is 0 Å². The zero-order chi connectivity index (χ0) is 13.1. The summed E-state index contributed by atoms with van der Waals surface area (Å²) in [6.45, 7) is -1.16. The number of ether oxygens (including phenoxy) is 1. The number of nitriles is 1. The summed E-state index contributed by atoms with van der Waals surface area (Å²) in [7, 11) is 0. The van der Waals surface area contributed by atoms with Crippen molar-refractivity contribution in [3.8, 4) is 17.6 Å². The number of nitrogens with zero attached hydrogens (tertiary/aromatic N) is 2. The third-order valence-corrected chi connectivity index (χ3v) is 1.80. The molecule has 1 heterocycles. The molecule has 92 valence electrons. The van der Waals surface area contributed by atoms with Gasteiger partial charge in [0.1, 0.15) is 6.67 Å². The Hall–Kier alpha value is -2.04. The molecular formula is C9H6F4N2O2. The van der Waals surface area contributed by atoms with Gasteiger partial charge in [-0.15, -0.1) is 13.2 Å². The fourth-order valence-corrected chi connectivity index (χ4v) is 1.17. The van der Waals surface area contributed by atoms with Gasteiger partial charge in [-0.1, -0.05) is 0 Å². The molecule has 1 aromatic rings. The quantitative estimate of drug-likeness (QED) is 0.835. The van der Waals surface area contributed by atoms with Crippen LogP contribution in [0.5, 0.6) is 11.5 Å². The summed E-state index contributed by atoms with van der Waals surface area (Å²) >= 11 is 0. The monoisotopic (exact) mass is 250 g/mol. The first kappa shape index (κ1) is 13.0. The molecule has 0 atom stereocenters. The van der Waals surface area contributed by atoms with E-state index >= 15 is 0 Å². The Balaban J connectivity index is 3.29. The largest absolute Gasteiger partial charge is 0.573 e. The van der Waals surface area contributed by atoms with Crippen LogP contribution >= 0.6 is 0 Å². The summed E-state index contributed by atoms with van der Waals surface area (Å²) in [6.07, 6.45) is -4.96. The summed E-state index contributed by atoms with van der Waals surface area (Å²) < 4.78 is 52.2. The Bertz CT molecular complexity index is 454. The number of hydrogen-bond acceptors (Lipinski definition) is 4. The molecule has 0 unspecified atom stereocenters. The van der Waals surface area contributed by atoms with Gasteiger partial charge in [-0.2, -0.15) is 5.26 Å². The van der Waals surface area contributed by atoms with Crippen LogP contribution in [-0.2, 0) is 13.1 Å². The van der Waals surface area contributed by atoms with Gasteiger partial charge in [-0.05, 0) is 0 Å². The number of aromatic hydroxyl groups is 1. The van der Waals surface area contributed by atoms with Gasteiger partial charge < -0.3 is 9.84 Å². The normalized spacial score (nSPS) is 11.0. The van der Waals surface area contributed by atoms with Crippen molar-refractivity contribution in [3.63, 3.8) is 0 Å². The molecule has 0 aromatic carbocycles. The van der Waals surface area contributed by atoms with Crippen LogP contribution in [0.15, 0.2) is 6.20 Å². The highest BCUT2D eigenvalue weighted by Crippen LogP contribution is 2.36. The van der Waals surface area contributed by atoms with Crippen molar-refractivity contribution < 1.29 is 27.4 Å². The molecule has 0 aliphatic rings. The number of aromatic nitrogens is 1. The lowest BCUT2D eigenvalue weighted by molar-refractivity contribution is -0.275. The lowest BCUT2D eigenvalue weighted by Crippen LogP contribution is -2.19. The fraction of sp³-hybridized carbons (Fsp3) is 0.333. The van der Waals surface area contributed by atoms with Crippen molar-refractivity contribution in [2.75, 3.05) is 0 Å². The van der Waals surface area contributed by atoms with E-state index < -0.39 is 36.5 Å². The van der Waals surface area contributed by atoms with Gasteiger partial charge in [-0.25, -0.2) is 4.39 Å². The van der Waals surface area contributed by atoms with Crippen LogP contribution in [0.4, 0.5) is 17.6 Å². The summed E-state index contributed by atoms with van der Waals surface area (Å²) in [4.78, 5) is 3.38. The molecule has 0 spiro atoms. The molecule has 1 aromatic heterocycles. The number of alkyl halides is 4. The Kier molecular flexibility index (Phi) is 3.73. The van der Waals surface area contributed by atoms with E-state index in [9.17, 15) is 22.7 Å². The average molecular weight is 250 g/mol. The lowest BCUT2D eigenvalue weighted by atomic mass is 10.1. The molecule has 0 fully saturated rings. The minimum Gasteiger partial charge on any atom is -0.503 e. The number of pyridine rings is 1. The van der Waals surface area contributed by atoms with Crippen molar-refractivity contribution in [2.45, 2.75) is 19.5 Å². The minimum atomic E-state index is -5.05. The van der Waals surface area contributed by atoms with Crippen LogP contribution in [0.2, 0.25) is 0 Å². The van der Waals surface area contributed by atoms with Crippen LogP contribution < -0.4 is 4.74 Å². The maximum Gasteiger partial charge on any atom is 0.573 e. The van der Waals surface area contributed by atoms with Crippen molar-refractivity contribution in [1.82, 2.24) is 4.98 Å². The minimum absolute atomic E-state index is 0.372. The molecule has 0 amide bonds. The molecule has 0 saturated heterocycles. The molecule has 0 bridgehead atoms. The van der Waals surface area contributed by atoms with Gasteiger partial charge in [0, 0.05) is 5.56 Å². The van der Waals surface area contributed by atoms with Crippen LogP contribution in [0, 0.1) is 11.3 Å². The third-order valence-electron chi connectivity index (χ3n) is 1.80. The van der Waals surface area contributed by atoms with E-state index in [4.69, 9.17) is 5.26 Å². The van der Waals surface area contributed by atoms with E-state index in [1.54, 1.807) is 6.07 Å². The Labute approximate surface area is 93.1 Å². The molecule has 0 aliphatic heterocycles. The second kappa shape index (κ2) is 4.86. The van der Waals surface area contributed by atoms with E-state index in [2.05, 4.69) is 9.72 Å². The van der Waals surface area contributed by atoms with Crippen LogP contribution in [0.3, 0.4) is 0 Å². The maximum atomic E-state index is 12.5. The molecule has 0 saturated carbocycles. The average Bonchev–Trinajstić information content (AvgIpc) is 2.22. The topological polar surface area (TPSA) is 66.1 Å². The molecular weight excluding hydrogens is 244 g/mol. The van der Waals surface area contributed by atoms with E-state index in [1.165, 1.54) is 0 Å². The Morgan fingerprint density at radius 3 is 2.59 bits per heavy atom. The van der Waals surface area contributed by atoms with Gasteiger partial charge in [0.2, 0.25) is 0 Å². The smallest absolute Gasteiger partial charge is 0.503 e. The number of rotatable bonds is 3. The fourth-order valence-electron chi connectivity index (χ4n) is 1.17. The number of hydrogen-bond donors (Lipinski definition) is 1. The first-order valence-corrected chi connectivity index (χ1v) is 4.27. The first-order chi connectivity index (χ1) is 7.89. The highest BCUT2D eigenvalue weighted by atomic mass is 19.4. The Morgan fingerprint density at radius 2 is 2.12 bits per heavy atom. The molecule has 4 nitrogen and oxygen atoms in total. The first-order valence-electron chi connectivity index (χ1n) is 4.27. The standard InChI is InChI=1S/C9H6F4N2O2/c10-3-6-5(1-2-14)8(7(16)4-15-6)17-9(11,12)13/h4,16H,1,3H2. The summed E-state index contributed by atoms with van der Waals surface area (Å²) in [5.74, 6) is -1.88. The lowest BCUT2D eigenvalue weighted by Gasteiger charge is -2.14. The van der Waals surface area contributed by atoms with E-state index in [0.717, 1.165) is 0 Å². The van der Waals surface area contributed by atoms with Crippen molar-refractivity contribution in [1.29, 1.82) is 5.26 Å². The molecule has 8 heteroatoms. The molecule has 0 aliphatic carbocycles. The predicted octanol–water partition coefficient (Wildman–Crippen LogP) is 2.22. The highest BCUT2D eigenvalue weighted by Gasteiger charge is 2.34. The van der Waals surface area contributed by atoms with Gasteiger partial charge >= 0.3 is 6.36 Å². The Morgan fingerprint density at radius 1 is 1.47 bits per heavy atom. The van der Waals surface area contributed by atoms with E-state index in [-0.39, 0.29) is 5.69 Å². The van der Waals surface area contributed by atoms with Crippen molar-refractivity contribution in [3.05, 3.63) is 17.5 Å². The third kappa shape index (κ3) is 3.21. The van der Waals surface area contributed by atoms with Gasteiger partial charge in [-0.3, -0.25) is 4.98 Å². The molecule has 1 rings (SSSR count). The maximum absolute atomic E-state index is 12.5. The molecule has 0 radical (unpaired) electrons. The van der Waals surface area contributed by atoms with Crippen LogP contribution in [0.25, 0.3) is 0 Å². The van der Waals surface area contributed by atoms with Gasteiger partial charge in [0.05, 0.1) is 24.4 Å². The van der Waals surface area contributed by atoms with Crippen LogP contribution in [0.1, 0.15) is 11.3 Å². The van der Waals surface area contributed by atoms with Crippen molar-refractivity contribution >= 4 is 0 Å². The van der Waals surface area contributed by atoms with Gasteiger partial charge in [0.25, 0.3) is 0 Å². The predicted molar refractivity (Wildman–Crippen MR) is 46.7 cm³/mol. The second-order valence-corrected chi connectivity index (χ2v) is 2.91. The molecule has 1 N–H and O–H groups in total. The van der Waals surface area contributed by atoms with Crippen LogP contribution in [-0.4, -0.2) is 16.5 Å². The second-order valence-electron chi connectivity index (χ2n) is 2.91. The van der Waals surface area contributed by atoms with Crippen molar-refractivity contribution in [2.24, 2.45) is 0 Å². The molecule has 17 heavy (non-hydrogen) atoms. The summed E-state index contributed by atoms with van der Waals surface area (Å²) in [5.41, 5.74) is -0.782. The summed E-state index contributed by atoms with van der Waals surface area (Å²) in [6, 6.07) is 1.55. The zero-order valence-electron chi connectivity index (χ0n) is 8.25. The number of halogens is 4.